The van der Waals surface area contributed by atoms with Gasteiger partial charge in [-0.25, -0.2) is 0 Å². The Morgan fingerprint density at radius 3 is 3.06 bits per heavy atom. The van der Waals surface area contributed by atoms with Crippen molar-refractivity contribution >= 4 is 5.82 Å². The molecule has 1 saturated heterocycles. The van der Waals surface area contributed by atoms with Crippen molar-refractivity contribution in [3.8, 4) is 0 Å². The number of nitrogens with one attached hydrogen (secondary N) is 1. The first-order valence-electron chi connectivity index (χ1n) is 6.87. The molecule has 3 rings (SSSR count). The minimum absolute atomic E-state index is 0.327. The Morgan fingerprint density at radius 1 is 1.47 bits per heavy atom. The maximum absolute atomic E-state index is 5.98. The van der Waals surface area contributed by atoms with Crippen molar-refractivity contribution in [2.75, 3.05) is 18.0 Å². The first-order chi connectivity index (χ1) is 8.29. The summed E-state index contributed by atoms with van der Waals surface area (Å²) in [5.74, 6) is 1.88. The molecule has 1 aliphatic heterocycles. The average Bonchev–Trinajstić information content (AvgIpc) is 2.94. The Bertz CT molecular complexity index is 398. The molecule has 94 valence electrons. The molecule has 4 heteroatoms. The number of aromatic amines is 1. The number of rotatable bonds is 2. The Balaban J connectivity index is 1.89. The zero-order valence-corrected chi connectivity index (χ0v) is 10.6. The third kappa shape index (κ3) is 1.84. The number of nitrogens with two attached hydrogens (primary N) is 1. The van der Waals surface area contributed by atoms with Gasteiger partial charge in [-0.1, -0.05) is 6.92 Å². The maximum Gasteiger partial charge on any atom is 0.153 e. The topological polar surface area (TPSA) is 57.9 Å². The SMILES string of the molecule is CCC1CCCc2c(N3CCC(N)C3)n[nH]c21. The summed E-state index contributed by atoms with van der Waals surface area (Å²) in [5, 5.41) is 7.84. The summed E-state index contributed by atoms with van der Waals surface area (Å²) in [7, 11) is 0. The van der Waals surface area contributed by atoms with Crippen LogP contribution in [-0.2, 0) is 6.42 Å². The quantitative estimate of drug-likeness (QED) is 0.820. The zero-order chi connectivity index (χ0) is 11.8. The summed E-state index contributed by atoms with van der Waals surface area (Å²) in [6.45, 7) is 4.30. The molecule has 0 bridgehead atoms. The molecule has 1 aliphatic carbocycles. The molecule has 1 fully saturated rings. The van der Waals surface area contributed by atoms with Gasteiger partial charge in [-0.2, -0.15) is 5.10 Å². The van der Waals surface area contributed by atoms with Crippen molar-refractivity contribution in [1.82, 2.24) is 10.2 Å². The Hall–Kier alpha value is -1.03. The normalized spacial score (nSPS) is 28.5. The van der Waals surface area contributed by atoms with Gasteiger partial charge in [0.2, 0.25) is 0 Å². The summed E-state index contributed by atoms with van der Waals surface area (Å²) in [6.07, 6.45) is 6.11. The summed E-state index contributed by atoms with van der Waals surface area (Å²) >= 11 is 0. The lowest BCUT2D eigenvalue weighted by atomic mass is 9.86. The van der Waals surface area contributed by atoms with Crippen molar-refractivity contribution < 1.29 is 0 Å². The van der Waals surface area contributed by atoms with E-state index in [1.807, 2.05) is 0 Å². The van der Waals surface area contributed by atoms with Gasteiger partial charge in [-0.15, -0.1) is 0 Å². The van der Waals surface area contributed by atoms with Gasteiger partial charge in [0.1, 0.15) is 0 Å². The highest BCUT2D eigenvalue weighted by Gasteiger charge is 2.29. The van der Waals surface area contributed by atoms with Crippen LogP contribution in [0.4, 0.5) is 5.82 Å². The van der Waals surface area contributed by atoms with Gasteiger partial charge < -0.3 is 10.6 Å². The highest BCUT2D eigenvalue weighted by molar-refractivity contribution is 5.52. The minimum atomic E-state index is 0.327. The second-order valence-electron chi connectivity index (χ2n) is 5.43. The molecule has 0 aromatic carbocycles. The molecule has 0 spiro atoms. The molecule has 0 amide bonds. The second-order valence-corrected chi connectivity index (χ2v) is 5.43. The maximum atomic E-state index is 5.98. The van der Waals surface area contributed by atoms with Crippen molar-refractivity contribution in [3.63, 3.8) is 0 Å². The van der Waals surface area contributed by atoms with Gasteiger partial charge in [0.05, 0.1) is 0 Å². The Kier molecular flexibility index (Phi) is 2.82. The highest BCUT2D eigenvalue weighted by Crippen LogP contribution is 2.37. The fraction of sp³-hybridized carbons (Fsp3) is 0.769. The molecule has 1 aromatic rings. The highest BCUT2D eigenvalue weighted by atomic mass is 15.3. The number of hydrogen-bond donors (Lipinski definition) is 2. The van der Waals surface area contributed by atoms with E-state index in [1.54, 1.807) is 0 Å². The van der Waals surface area contributed by atoms with Crippen LogP contribution in [0.1, 0.15) is 49.8 Å². The summed E-state index contributed by atoms with van der Waals surface area (Å²) in [4.78, 5) is 2.36. The van der Waals surface area contributed by atoms with E-state index in [-0.39, 0.29) is 0 Å². The van der Waals surface area contributed by atoms with Gasteiger partial charge in [-0.05, 0) is 32.1 Å². The van der Waals surface area contributed by atoms with Crippen molar-refractivity contribution in [2.45, 2.75) is 51.0 Å². The van der Waals surface area contributed by atoms with E-state index in [4.69, 9.17) is 5.73 Å². The number of nitrogens with zero attached hydrogens (tertiary/aromatic N) is 2. The molecule has 2 atom stereocenters. The fourth-order valence-corrected chi connectivity index (χ4v) is 3.27. The number of hydrogen-bond acceptors (Lipinski definition) is 3. The average molecular weight is 234 g/mol. The minimum Gasteiger partial charge on any atom is -0.353 e. The molecule has 3 N–H and O–H groups in total. The Morgan fingerprint density at radius 2 is 2.35 bits per heavy atom. The van der Waals surface area contributed by atoms with Gasteiger partial charge in [0, 0.05) is 36.3 Å². The van der Waals surface area contributed by atoms with Gasteiger partial charge in [0.15, 0.2) is 5.82 Å². The van der Waals surface area contributed by atoms with Crippen LogP contribution in [0.3, 0.4) is 0 Å². The molecule has 4 nitrogen and oxygen atoms in total. The number of fused-ring (bicyclic) bond motifs is 1. The van der Waals surface area contributed by atoms with E-state index < -0.39 is 0 Å². The smallest absolute Gasteiger partial charge is 0.153 e. The monoisotopic (exact) mass is 234 g/mol. The van der Waals surface area contributed by atoms with E-state index in [9.17, 15) is 0 Å². The van der Waals surface area contributed by atoms with E-state index >= 15 is 0 Å². The molecule has 1 aromatic heterocycles. The van der Waals surface area contributed by atoms with Crippen LogP contribution in [0, 0.1) is 0 Å². The molecule has 0 saturated carbocycles. The zero-order valence-electron chi connectivity index (χ0n) is 10.6. The third-order valence-corrected chi connectivity index (χ3v) is 4.28. The molecule has 2 aliphatic rings. The first-order valence-corrected chi connectivity index (χ1v) is 6.87. The van der Waals surface area contributed by atoms with Gasteiger partial charge in [0.25, 0.3) is 0 Å². The predicted octanol–water partition coefficient (Wildman–Crippen LogP) is 1.78. The molecular weight excluding hydrogens is 212 g/mol. The van der Waals surface area contributed by atoms with E-state index in [0.717, 1.165) is 19.5 Å². The van der Waals surface area contributed by atoms with Crippen LogP contribution < -0.4 is 10.6 Å². The van der Waals surface area contributed by atoms with Gasteiger partial charge in [-0.3, -0.25) is 5.10 Å². The molecular formula is C13H22N4. The summed E-state index contributed by atoms with van der Waals surface area (Å²) in [6, 6.07) is 0.327. The van der Waals surface area contributed by atoms with Crippen LogP contribution in [0.15, 0.2) is 0 Å². The first kappa shape index (κ1) is 11.1. The number of aromatic nitrogens is 2. The van der Waals surface area contributed by atoms with Crippen molar-refractivity contribution in [2.24, 2.45) is 5.73 Å². The number of H-pyrrole nitrogens is 1. The standard InChI is InChI=1S/C13H22N4/c1-2-9-4-3-5-11-12(9)15-16-13(11)17-7-6-10(14)8-17/h9-10H,2-8,14H2,1H3,(H,15,16). The van der Waals surface area contributed by atoms with Crippen LogP contribution in [0.2, 0.25) is 0 Å². The van der Waals surface area contributed by atoms with Crippen molar-refractivity contribution in [3.05, 3.63) is 11.3 Å². The predicted molar refractivity (Wildman–Crippen MR) is 69.4 cm³/mol. The lowest BCUT2D eigenvalue weighted by molar-refractivity contribution is 0.528. The van der Waals surface area contributed by atoms with Crippen LogP contribution >= 0.6 is 0 Å². The van der Waals surface area contributed by atoms with Crippen LogP contribution in [0.25, 0.3) is 0 Å². The lowest BCUT2D eigenvalue weighted by Crippen LogP contribution is -2.27. The summed E-state index contributed by atoms with van der Waals surface area (Å²) < 4.78 is 0. The molecule has 17 heavy (non-hydrogen) atoms. The van der Waals surface area contributed by atoms with Crippen LogP contribution in [0.5, 0.6) is 0 Å². The second kappa shape index (κ2) is 4.33. The van der Waals surface area contributed by atoms with Crippen molar-refractivity contribution in [1.29, 1.82) is 0 Å². The van der Waals surface area contributed by atoms with Gasteiger partial charge >= 0.3 is 0 Å². The third-order valence-electron chi connectivity index (χ3n) is 4.28. The number of anilines is 1. The fourth-order valence-electron chi connectivity index (χ4n) is 3.27. The Labute approximate surface area is 103 Å². The van der Waals surface area contributed by atoms with Crippen LogP contribution in [-0.4, -0.2) is 29.3 Å². The molecule has 0 radical (unpaired) electrons. The molecule has 2 unspecified atom stereocenters. The largest absolute Gasteiger partial charge is 0.353 e. The van der Waals surface area contributed by atoms with E-state index in [1.165, 1.54) is 42.8 Å². The van der Waals surface area contributed by atoms with E-state index in [2.05, 4.69) is 22.0 Å². The van der Waals surface area contributed by atoms with E-state index in [0.29, 0.717) is 12.0 Å². The lowest BCUT2D eigenvalue weighted by Gasteiger charge is -2.23. The molecule has 2 heterocycles. The summed E-state index contributed by atoms with van der Waals surface area (Å²) in [5.41, 5.74) is 8.85.